The van der Waals surface area contributed by atoms with Gasteiger partial charge in [0.2, 0.25) is 0 Å². The molecule has 0 bridgehead atoms. The Hall–Kier alpha value is -2.69. The van der Waals surface area contributed by atoms with Gasteiger partial charge in [0.25, 0.3) is 0 Å². The quantitative estimate of drug-likeness (QED) is 0.418. The van der Waals surface area contributed by atoms with Crippen LogP contribution < -0.4 is 14.8 Å². The lowest BCUT2D eigenvalue weighted by Crippen LogP contribution is -2.16. The Kier molecular flexibility index (Phi) is 7.02. The number of carbonyl (C=O) groups is 1. The van der Waals surface area contributed by atoms with Gasteiger partial charge in [0, 0.05) is 27.7 Å². The van der Waals surface area contributed by atoms with Crippen molar-refractivity contribution < 1.29 is 14.3 Å². The highest BCUT2D eigenvalue weighted by molar-refractivity contribution is 6.31. The maximum Gasteiger partial charge on any atom is 0.165 e. The molecule has 0 fully saturated rings. The van der Waals surface area contributed by atoms with Gasteiger partial charge in [-0.1, -0.05) is 29.3 Å². The van der Waals surface area contributed by atoms with Gasteiger partial charge >= 0.3 is 0 Å². The Morgan fingerprint density at radius 2 is 1.45 bits per heavy atom. The zero-order chi connectivity index (χ0) is 20.8. The first-order valence-electron chi connectivity index (χ1n) is 9.03. The van der Waals surface area contributed by atoms with Crippen molar-refractivity contribution in [2.24, 2.45) is 0 Å². The summed E-state index contributed by atoms with van der Waals surface area (Å²) in [6.07, 6.45) is 0.250. The lowest BCUT2D eigenvalue weighted by molar-refractivity contribution is 0.0976. The molecule has 3 aromatic carbocycles. The predicted molar refractivity (Wildman–Crippen MR) is 118 cm³/mol. The van der Waals surface area contributed by atoms with Gasteiger partial charge in [-0.15, -0.1) is 0 Å². The first-order chi connectivity index (χ1) is 14.0. The topological polar surface area (TPSA) is 47.6 Å². The van der Waals surface area contributed by atoms with E-state index in [4.69, 9.17) is 32.7 Å². The third-order valence-electron chi connectivity index (χ3n) is 4.55. The maximum absolute atomic E-state index is 12.9. The molecule has 0 saturated heterocycles. The standard InChI is InChI=1S/C23H21Cl2NO3/c1-28-22-12-5-16(13-23(22)29-2)20(26-19-10-8-18(25)9-11-19)14-21(27)15-3-6-17(24)7-4-15/h3-13,20,26H,14H2,1-2H3. The van der Waals surface area contributed by atoms with Crippen LogP contribution in [-0.4, -0.2) is 20.0 Å². The SMILES string of the molecule is COc1ccc(C(CC(=O)c2ccc(Cl)cc2)Nc2ccc(Cl)cc2)cc1OC. The second kappa shape index (κ2) is 9.68. The van der Waals surface area contributed by atoms with Crippen LogP contribution in [0.3, 0.4) is 0 Å². The molecule has 1 unspecified atom stereocenters. The van der Waals surface area contributed by atoms with E-state index in [0.29, 0.717) is 27.1 Å². The van der Waals surface area contributed by atoms with Crippen molar-refractivity contribution in [3.63, 3.8) is 0 Å². The largest absolute Gasteiger partial charge is 0.493 e. The van der Waals surface area contributed by atoms with Crippen LogP contribution in [0.15, 0.2) is 66.7 Å². The minimum atomic E-state index is -0.279. The van der Waals surface area contributed by atoms with Crippen LogP contribution in [-0.2, 0) is 0 Å². The smallest absolute Gasteiger partial charge is 0.165 e. The van der Waals surface area contributed by atoms with Crippen LogP contribution in [0.4, 0.5) is 5.69 Å². The predicted octanol–water partition coefficient (Wildman–Crippen LogP) is 6.44. The molecule has 0 amide bonds. The van der Waals surface area contributed by atoms with Crippen molar-refractivity contribution in [2.45, 2.75) is 12.5 Å². The first kappa shape index (κ1) is 21.0. The van der Waals surface area contributed by atoms with E-state index in [-0.39, 0.29) is 18.2 Å². The van der Waals surface area contributed by atoms with Gasteiger partial charge in [-0.05, 0) is 66.2 Å². The second-order valence-electron chi connectivity index (χ2n) is 6.45. The van der Waals surface area contributed by atoms with E-state index in [0.717, 1.165) is 11.3 Å². The number of anilines is 1. The molecule has 0 aliphatic heterocycles. The minimum absolute atomic E-state index is 0.00270. The third-order valence-corrected chi connectivity index (χ3v) is 5.05. The highest BCUT2D eigenvalue weighted by Crippen LogP contribution is 2.33. The molecule has 1 N–H and O–H groups in total. The number of ketones is 1. The van der Waals surface area contributed by atoms with Crippen LogP contribution in [0.25, 0.3) is 0 Å². The molecule has 0 aliphatic rings. The van der Waals surface area contributed by atoms with Crippen molar-refractivity contribution >= 4 is 34.7 Å². The number of Topliss-reactive ketones (excluding diaryl/α,β-unsaturated/α-hetero) is 1. The van der Waals surface area contributed by atoms with Crippen molar-refractivity contribution in [1.82, 2.24) is 0 Å². The normalized spacial score (nSPS) is 11.6. The average Bonchev–Trinajstić information content (AvgIpc) is 2.74. The lowest BCUT2D eigenvalue weighted by atomic mass is 9.97. The van der Waals surface area contributed by atoms with Gasteiger partial charge in [0.05, 0.1) is 20.3 Å². The first-order valence-corrected chi connectivity index (χ1v) is 9.78. The molecule has 0 radical (unpaired) electrons. The molecule has 150 valence electrons. The van der Waals surface area contributed by atoms with Gasteiger partial charge in [-0.3, -0.25) is 4.79 Å². The van der Waals surface area contributed by atoms with Crippen LogP contribution in [0.2, 0.25) is 10.0 Å². The van der Waals surface area contributed by atoms with E-state index >= 15 is 0 Å². The summed E-state index contributed by atoms with van der Waals surface area (Å²) < 4.78 is 10.8. The number of hydrogen-bond donors (Lipinski definition) is 1. The fourth-order valence-electron chi connectivity index (χ4n) is 3.01. The van der Waals surface area contributed by atoms with E-state index in [9.17, 15) is 4.79 Å². The summed E-state index contributed by atoms with van der Waals surface area (Å²) in [7, 11) is 3.17. The summed E-state index contributed by atoms with van der Waals surface area (Å²) in [5.41, 5.74) is 2.37. The van der Waals surface area contributed by atoms with Crippen LogP contribution in [0, 0.1) is 0 Å². The zero-order valence-corrected chi connectivity index (χ0v) is 17.6. The molecule has 0 heterocycles. The monoisotopic (exact) mass is 429 g/mol. The van der Waals surface area contributed by atoms with Crippen molar-refractivity contribution in [3.8, 4) is 11.5 Å². The molecule has 1 atom stereocenters. The summed E-state index contributed by atoms with van der Waals surface area (Å²) in [5, 5.41) is 4.66. The Morgan fingerprint density at radius 1 is 0.862 bits per heavy atom. The van der Waals surface area contributed by atoms with E-state index in [1.54, 1.807) is 50.6 Å². The Bertz CT molecular complexity index is 972. The van der Waals surface area contributed by atoms with Crippen molar-refractivity contribution in [3.05, 3.63) is 87.9 Å². The molecule has 0 aromatic heterocycles. The summed E-state index contributed by atoms with van der Waals surface area (Å²) in [4.78, 5) is 12.9. The summed E-state index contributed by atoms with van der Waals surface area (Å²) >= 11 is 11.9. The number of methoxy groups -OCH3 is 2. The maximum atomic E-state index is 12.9. The molecule has 0 spiro atoms. The van der Waals surface area contributed by atoms with E-state index in [2.05, 4.69) is 5.32 Å². The molecular formula is C23H21Cl2NO3. The number of benzene rings is 3. The van der Waals surface area contributed by atoms with Gasteiger partial charge in [-0.25, -0.2) is 0 Å². The summed E-state index contributed by atoms with van der Waals surface area (Å²) in [6.45, 7) is 0. The van der Waals surface area contributed by atoms with E-state index < -0.39 is 0 Å². The number of ether oxygens (including phenoxy) is 2. The Labute approximate surface area is 180 Å². The number of nitrogens with one attached hydrogen (secondary N) is 1. The zero-order valence-electron chi connectivity index (χ0n) is 16.1. The van der Waals surface area contributed by atoms with Gasteiger partial charge in [0.15, 0.2) is 17.3 Å². The molecule has 3 aromatic rings. The van der Waals surface area contributed by atoms with E-state index in [1.807, 2.05) is 30.3 Å². The fourth-order valence-corrected chi connectivity index (χ4v) is 3.26. The molecule has 29 heavy (non-hydrogen) atoms. The van der Waals surface area contributed by atoms with Crippen molar-refractivity contribution in [2.75, 3.05) is 19.5 Å². The summed E-state index contributed by atoms with van der Waals surface area (Å²) in [6, 6.07) is 19.6. The van der Waals surface area contributed by atoms with Crippen LogP contribution >= 0.6 is 23.2 Å². The number of carbonyl (C=O) groups excluding carboxylic acids is 1. The molecular weight excluding hydrogens is 409 g/mol. The Balaban J connectivity index is 1.91. The number of rotatable bonds is 8. The minimum Gasteiger partial charge on any atom is -0.493 e. The third kappa shape index (κ3) is 5.43. The molecule has 0 saturated carbocycles. The number of hydrogen-bond acceptors (Lipinski definition) is 4. The molecule has 4 nitrogen and oxygen atoms in total. The molecule has 3 rings (SSSR count). The average molecular weight is 430 g/mol. The van der Waals surface area contributed by atoms with Crippen LogP contribution in [0.1, 0.15) is 28.4 Å². The van der Waals surface area contributed by atoms with Gasteiger partial charge in [0.1, 0.15) is 0 Å². The summed E-state index contributed by atoms with van der Waals surface area (Å²) in [5.74, 6) is 1.24. The highest BCUT2D eigenvalue weighted by atomic mass is 35.5. The molecule has 0 aliphatic carbocycles. The van der Waals surface area contributed by atoms with Gasteiger partial charge < -0.3 is 14.8 Å². The Morgan fingerprint density at radius 3 is 2.03 bits per heavy atom. The lowest BCUT2D eigenvalue weighted by Gasteiger charge is -2.21. The van der Waals surface area contributed by atoms with Crippen molar-refractivity contribution in [1.29, 1.82) is 0 Å². The van der Waals surface area contributed by atoms with Crippen LogP contribution in [0.5, 0.6) is 11.5 Å². The molecule has 6 heteroatoms. The number of halogens is 2. The van der Waals surface area contributed by atoms with E-state index in [1.165, 1.54) is 0 Å². The van der Waals surface area contributed by atoms with Gasteiger partial charge in [-0.2, -0.15) is 0 Å². The second-order valence-corrected chi connectivity index (χ2v) is 7.33. The highest BCUT2D eigenvalue weighted by Gasteiger charge is 2.19. The fraction of sp³-hybridized carbons (Fsp3) is 0.174.